The van der Waals surface area contributed by atoms with Crippen LogP contribution in [0.1, 0.15) is 31.6 Å². The molecule has 0 aliphatic heterocycles. The van der Waals surface area contributed by atoms with Crippen LogP contribution in [0.4, 0.5) is 0 Å². The van der Waals surface area contributed by atoms with Crippen LogP contribution in [-0.4, -0.2) is 18.6 Å². The zero-order valence-electron chi connectivity index (χ0n) is 10.2. The summed E-state index contributed by atoms with van der Waals surface area (Å²) in [5.74, 6) is -0.151. The third-order valence-electron chi connectivity index (χ3n) is 2.35. The summed E-state index contributed by atoms with van der Waals surface area (Å²) in [6.07, 6.45) is 1.77. The normalized spacial score (nSPS) is 12.4. The highest BCUT2D eigenvalue weighted by Crippen LogP contribution is 2.22. The summed E-state index contributed by atoms with van der Waals surface area (Å²) in [5, 5.41) is 5.28. The SMILES string of the molecule is CCCC(NCc1sccc1Br)C(=O)OCC. The van der Waals surface area contributed by atoms with E-state index in [4.69, 9.17) is 4.74 Å². The van der Waals surface area contributed by atoms with E-state index < -0.39 is 0 Å². The summed E-state index contributed by atoms with van der Waals surface area (Å²) in [5.41, 5.74) is 0. The first-order chi connectivity index (χ1) is 8.19. The van der Waals surface area contributed by atoms with Crippen molar-refractivity contribution in [2.24, 2.45) is 0 Å². The fourth-order valence-corrected chi connectivity index (χ4v) is 2.95. The predicted octanol–water partition coefficient (Wildman–Crippen LogP) is 3.33. The number of hydrogen-bond donors (Lipinski definition) is 1. The van der Waals surface area contributed by atoms with Gasteiger partial charge >= 0.3 is 5.97 Å². The zero-order chi connectivity index (χ0) is 12.7. The second-order valence-electron chi connectivity index (χ2n) is 3.67. The van der Waals surface area contributed by atoms with Crippen LogP contribution >= 0.6 is 27.3 Å². The molecule has 0 saturated heterocycles. The Balaban J connectivity index is 2.49. The van der Waals surface area contributed by atoms with Crippen molar-refractivity contribution in [3.63, 3.8) is 0 Å². The molecule has 17 heavy (non-hydrogen) atoms. The van der Waals surface area contributed by atoms with Crippen molar-refractivity contribution in [3.05, 3.63) is 20.8 Å². The summed E-state index contributed by atoms with van der Waals surface area (Å²) in [4.78, 5) is 12.9. The van der Waals surface area contributed by atoms with Gasteiger partial charge in [-0.25, -0.2) is 0 Å². The number of carbonyl (C=O) groups excluding carboxylic acids is 1. The maximum absolute atomic E-state index is 11.7. The first kappa shape index (κ1) is 14.7. The Morgan fingerprint density at radius 1 is 1.59 bits per heavy atom. The highest BCUT2D eigenvalue weighted by molar-refractivity contribution is 9.10. The summed E-state index contributed by atoms with van der Waals surface area (Å²) in [7, 11) is 0. The Morgan fingerprint density at radius 2 is 2.35 bits per heavy atom. The molecule has 0 amide bonds. The van der Waals surface area contributed by atoms with Crippen LogP contribution in [-0.2, 0) is 16.1 Å². The molecule has 1 atom stereocenters. The Labute approximate surface area is 115 Å². The van der Waals surface area contributed by atoms with E-state index in [1.807, 2.05) is 18.4 Å². The monoisotopic (exact) mass is 319 g/mol. The number of hydrogen-bond acceptors (Lipinski definition) is 4. The molecule has 0 radical (unpaired) electrons. The van der Waals surface area contributed by atoms with Gasteiger partial charge in [-0.1, -0.05) is 13.3 Å². The number of nitrogens with one attached hydrogen (secondary N) is 1. The highest BCUT2D eigenvalue weighted by atomic mass is 79.9. The van der Waals surface area contributed by atoms with E-state index in [2.05, 4.69) is 28.2 Å². The van der Waals surface area contributed by atoms with Gasteiger partial charge in [0.15, 0.2) is 0 Å². The second kappa shape index (κ2) is 7.84. The number of ether oxygens (including phenoxy) is 1. The lowest BCUT2D eigenvalue weighted by molar-refractivity contribution is -0.145. The molecule has 96 valence electrons. The molecule has 0 bridgehead atoms. The van der Waals surface area contributed by atoms with Crippen LogP contribution in [0.25, 0.3) is 0 Å². The third kappa shape index (κ3) is 4.77. The van der Waals surface area contributed by atoms with Gasteiger partial charge in [-0.3, -0.25) is 10.1 Å². The molecule has 3 nitrogen and oxygen atoms in total. The van der Waals surface area contributed by atoms with E-state index in [9.17, 15) is 4.79 Å². The Bertz CT molecular complexity index is 354. The lowest BCUT2D eigenvalue weighted by Crippen LogP contribution is -2.37. The minimum atomic E-state index is -0.200. The largest absolute Gasteiger partial charge is 0.465 e. The van der Waals surface area contributed by atoms with Gasteiger partial charge in [-0.15, -0.1) is 11.3 Å². The zero-order valence-corrected chi connectivity index (χ0v) is 12.6. The molecule has 0 aliphatic rings. The Hall–Kier alpha value is -0.390. The molecular weight excluding hydrogens is 302 g/mol. The van der Waals surface area contributed by atoms with Gasteiger partial charge in [-0.05, 0) is 40.7 Å². The molecule has 0 aliphatic carbocycles. The Morgan fingerprint density at radius 3 is 2.88 bits per heavy atom. The highest BCUT2D eigenvalue weighted by Gasteiger charge is 2.18. The molecule has 1 rings (SSSR count). The summed E-state index contributed by atoms with van der Waals surface area (Å²) in [6, 6.07) is 1.81. The van der Waals surface area contributed by atoms with Crippen LogP contribution in [0.2, 0.25) is 0 Å². The van der Waals surface area contributed by atoms with Crippen molar-refractivity contribution >= 4 is 33.2 Å². The van der Waals surface area contributed by atoms with Crippen LogP contribution in [0.15, 0.2) is 15.9 Å². The van der Waals surface area contributed by atoms with Crippen molar-refractivity contribution in [2.45, 2.75) is 39.3 Å². The van der Waals surface area contributed by atoms with Gasteiger partial charge < -0.3 is 4.74 Å². The fourth-order valence-electron chi connectivity index (χ4n) is 1.50. The minimum absolute atomic E-state index is 0.151. The van der Waals surface area contributed by atoms with Crippen LogP contribution < -0.4 is 5.32 Å². The molecule has 1 aromatic heterocycles. The van der Waals surface area contributed by atoms with Gasteiger partial charge in [0.2, 0.25) is 0 Å². The maximum Gasteiger partial charge on any atom is 0.323 e. The van der Waals surface area contributed by atoms with Crippen molar-refractivity contribution in [1.29, 1.82) is 0 Å². The molecule has 0 aromatic carbocycles. The molecule has 1 N–H and O–H groups in total. The quantitative estimate of drug-likeness (QED) is 0.783. The molecule has 1 unspecified atom stereocenters. The van der Waals surface area contributed by atoms with Gasteiger partial charge in [0.1, 0.15) is 6.04 Å². The number of thiophene rings is 1. The van der Waals surface area contributed by atoms with Crippen LogP contribution in [0, 0.1) is 0 Å². The lowest BCUT2D eigenvalue weighted by Gasteiger charge is -2.16. The molecule has 1 heterocycles. The van der Waals surface area contributed by atoms with E-state index in [-0.39, 0.29) is 12.0 Å². The number of esters is 1. The van der Waals surface area contributed by atoms with Gasteiger partial charge in [0.25, 0.3) is 0 Å². The number of halogens is 1. The summed E-state index contributed by atoms with van der Waals surface area (Å²) in [6.45, 7) is 5.02. The number of carbonyl (C=O) groups is 1. The first-order valence-electron chi connectivity index (χ1n) is 5.80. The van der Waals surface area contributed by atoms with E-state index in [0.717, 1.165) is 17.3 Å². The van der Waals surface area contributed by atoms with Crippen LogP contribution in [0.3, 0.4) is 0 Å². The average Bonchev–Trinajstić information content (AvgIpc) is 2.70. The van der Waals surface area contributed by atoms with Gasteiger partial charge in [-0.2, -0.15) is 0 Å². The van der Waals surface area contributed by atoms with E-state index in [0.29, 0.717) is 13.2 Å². The van der Waals surface area contributed by atoms with Crippen molar-refractivity contribution < 1.29 is 9.53 Å². The second-order valence-corrected chi connectivity index (χ2v) is 5.52. The van der Waals surface area contributed by atoms with Gasteiger partial charge in [0, 0.05) is 15.9 Å². The van der Waals surface area contributed by atoms with E-state index in [1.54, 1.807) is 11.3 Å². The molecule has 1 aromatic rings. The van der Waals surface area contributed by atoms with Crippen molar-refractivity contribution in [2.75, 3.05) is 6.61 Å². The van der Waals surface area contributed by atoms with Gasteiger partial charge in [0.05, 0.1) is 6.61 Å². The summed E-state index contributed by atoms with van der Waals surface area (Å²) < 4.78 is 6.14. The predicted molar refractivity (Wildman–Crippen MR) is 74.2 cm³/mol. The van der Waals surface area contributed by atoms with Crippen molar-refractivity contribution in [1.82, 2.24) is 5.32 Å². The van der Waals surface area contributed by atoms with Crippen molar-refractivity contribution in [3.8, 4) is 0 Å². The molecule has 0 saturated carbocycles. The standard InChI is InChI=1S/C12H18BrNO2S/c1-3-5-10(12(15)16-4-2)14-8-11-9(13)6-7-17-11/h6-7,10,14H,3-5,8H2,1-2H3. The topological polar surface area (TPSA) is 38.3 Å². The third-order valence-corrected chi connectivity index (χ3v) is 4.27. The van der Waals surface area contributed by atoms with E-state index in [1.165, 1.54) is 4.88 Å². The summed E-state index contributed by atoms with van der Waals surface area (Å²) >= 11 is 5.15. The molecular formula is C12H18BrNO2S. The van der Waals surface area contributed by atoms with E-state index >= 15 is 0 Å². The van der Waals surface area contributed by atoms with Crippen LogP contribution in [0.5, 0.6) is 0 Å². The average molecular weight is 320 g/mol. The molecule has 5 heteroatoms. The number of rotatable bonds is 7. The first-order valence-corrected chi connectivity index (χ1v) is 7.48. The molecule has 0 fully saturated rings. The Kier molecular flexibility index (Phi) is 6.77. The smallest absolute Gasteiger partial charge is 0.323 e. The minimum Gasteiger partial charge on any atom is -0.465 e. The fraction of sp³-hybridized carbons (Fsp3) is 0.583. The molecule has 0 spiro atoms. The maximum atomic E-state index is 11.7. The lowest BCUT2D eigenvalue weighted by atomic mass is 10.1.